The minimum absolute atomic E-state index is 0.0256. The number of amides is 1. The van der Waals surface area contributed by atoms with Crippen molar-refractivity contribution in [2.75, 3.05) is 24.3 Å². The number of rotatable bonds is 4. The van der Waals surface area contributed by atoms with Crippen molar-refractivity contribution in [1.82, 2.24) is 0 Å². The molecule has 2 aromatic rings. The molecule has 0 aliphatic heterocycles. The minimum Gasteiger partial charge on any atom is -0.452 e. The molecule has 2 rings (SSSR count). The molecule has 0 aromatic heterocycles. The normalized spacial score (nSPS) is 10.2. The van der Waals surface area contributed by atoms with E-state index in [1.54, 1.807) is 31.3 Å². The van der Waals surface area contributed by atoms with Crippen LogP contribution in [0.4, 0.5) is 11.4 Å². The summed E-state index contributed by atoms with van der Waals surface area (Å²) in [4.78, 5) is 25.5. The summed E-state index contributed by atoms with van der Waals surface area (Å²) in [6.07, 6.45) is 0. The maximum atomic E-state index is 12.1. The molecule has 0 unspecified atom stereocenters. The molecule has 0 aliphatic rings. The number of nitrogens with zero attached hydrogens (tertiary/aromatic N) is 1. The quantitative estimate of drug-likeness (QED) is 0.676. The molecule has 0 fully saturated rings. The number of halogens is 2. The fourth-order valence-corrected chi connectivity index (χ4v) is 2.34. The lowest BCUT2D eigenvalue weighted by Crippen LogP contribution is -2.31. The number of hydrogen-bond donors (Lipinski definition) is 1. The summed E-state index contributed by atoms with van der Waals surface area (Å²) in [6.45, 7) is -0.423. The smallest absolute Gasteiger partial charge is 0.340 e. The molecule has 1 amide bonds. The number of benzene rings is 2. The Morgan fingerprint density at radius 2 is 1.83 bits per heavy atom. The van der Waals surface area contributed by atoms with Crippen LogP contribution in [0.1, 0.15) is 10.4 Å². The summed E-state index contributed by atoms with van der Waals surface area (Å²) in [5.74, 6) is -1.14. The first-order chi connectivity index (χ1) is 10.9. The summed E-state index contributed by atoms with van der Waals surface area (Å²) in [6, 6.07) is 11.8. The van der Waals surface area contributed by atoms with E-state index in [0.717, 1.165) is 0 Å². The van der Waals surface area contributed by atoms with Crippen molar-refractivity contribution in [1.29, 1.82) is 0 Å². The topological polar surface area (TPSA) is 72.6 Å². The first kappa shape index (κ1) is 17.1. The number of hydrogen-bond acceptors (Lipinski definition) is 4. The Kier molecular flexibility index (Phi) is 5.47. The van der Waals surface area contributed by atoms with Gasteiger partial charge in [0, 0.05) is 17.8 Å². The highest BCUT2D eigenvalue weighted by Gasteiger charge is 2.18. The Morgan fingerprint density at radius 1 is 1.17 bits per heavy atom. The van der Waals surface area contributed by atoms with Crippen molar-refractivity contribution in [2.24, 2.45) is 0 Å². The Hall–Kier alpha value is -2.24. The lowest BCUT2D eigenvalue weighted by molar-refractivity contribution is -0.121. The summed E-state index contributed by atoms with van der Waals surface area (Å²) in [5, 5.41) is 0.404. The van der Waals surface area contributed by atoms with Gasteiger partial charge in [-0.2, -0.15) is 0 Å². The van der Waals surface area contributed by atoms with Crippen LogP contribution in [-0.4, -0.2) is 25.5 Å². The van der Waals surface area contributed by atoms with Crippen LogP contribution in [0.5, 0.6) is 0 Å². The molecule has 0 heterocycles. The largest absolute Gasteiger partial charge is 0.452 e. The van der Waals surface area contributed by atoms with Crippen LogP contribution in [0.25, 0.3) is 0 Å². The zero-order valence-electron chi connectivity index (χ0n) is 12.3. The van der Waals surface area contributed by atoms with E-state index >= 15 is 0 Å². The highest BCUT2D eigenvalue weighted by atomic mass is 35.5. The Balaban J connectivity index is 2.03. The molecule has 0 aliphatic carbocycles. The van der Waals surface area contributed by atoms with E-state index in [0.29, 0.717) is 5.69 Å². The second kappa shape index (κ2) is 7.35. The van der Waals surface area contributed by atoms with Gasteiger partial charge in [-0.1, -0.05) is 41.4 Å². The van der Waals surface area contributed by atoms with Gasteiger partial charge < -0.3 is 15.4 Å². The molecule has 23 heavy (non-hydrogen) atoms. The number of esters is 1. The van der Waals surface area contributed by atoms with E-state index in [1.165, 1.54) is 17.0 Å². The van der Waals surface area contributed by atoms with Gasteiger partial charge in [0.05, 0.1) is 16.3 Å². The second-order valence-electron chi connectivity index (χ2n) is 4.71. The van der Waals surface area contributed by atoms with Crippen LogP contribution in [0.15, 0.2) is 42.5 Å². The van der Waals surface area contributed by atoms with Crippen molar-refractivity contribution in [3.8, 4) is 0 Å². The third kappa shape index (κ3) is 4.15. The number of ether oxygens (including phenoxy) is 1. The molecule has 120 valence electrons. The van der Waals surface area contributed by atoms with Crippen LogP contribution in [0.2, 0.25) is 10.0 Å². The highest BCUT2D eigenvalue weighted by molar-refractivity contribution is 6.37. The van der Waals surface area contributed by atoms with Gasteiger partial charge in [0.25, 0.3) is 5.91 Å². The predicted molar refractivity (Wildman–Crippen MR) is 91.0 cm³/mol. The lowest BCUT2D eigenvalue weighted by Gasteiger charge is -2.17. The number of carbonyl (C=O) groups excluding carboxylic acids is 2. The van der Waals surface area contributed by atoms with Crippen molar-refractivity contribution in [3.63, 3.8) is 0 Å². The fourth-order valence-electron chi connectivity index (χ4n) is 1.85. The van der Waals surface area contributed by atoms with E-state index in [-0.39, 0.29) is 27.2 Å². The van der Waals surface area contributed by atoms with Gasteiger partial charge in [-0.25, -0.2) is 4.79 Å². The standard InChI is InChI=1S/C16H14Cl2N2O3/c1-20(11-5-3-2-4-6-11)14(21)9-23-16(22)12-7-10(17)8-13(18)15(12)19/h2-8H,9,19H2,1H3. The molecule has 5 nitrogen and oxygen atoms in total. The molecule has 2 N–H and O–H groups in total. The molecule has 0 bridgehead atoms. The SMILES string of the molecule is CN(C(=O)COC(=O)c1cc(Cl)cc(Cl)c1N)c1ccccc1. The van der Waals surface area contributed by atoms with E-state index in [9.17, 15) is 9.59 Å². The van der Waals surface area contributed by atoms with E-state index in [1.807, 2.05) is 6.07 Å². The number of carbonyl (C=O) groups is 2. The number of anilines is 2. The van der Waals surface area contributed by atoms with E-state index < -0.39 is 12.6 Å². The molecule has 2 aromatic carbocycles. The highest BCUT2D eigenvalue weighted by Crippen LogP contribution is 2.28. The summed E-state index contributed by atoms with van der Waals surface area (Å²) in [5.41, 5.74) is 6.50. The van der Waals surface area contributed by atoms with Crippen molar-refractivity contribution < 1.29 is 14.3 Å². The Bertz CT molecular complexity index is 736. The molecular formula is C16H14Cl2N2O3. The number of para-hydroxylation sites is 1. The molecule has 0 atom stereocenters. The van der Waals surface area contributed by atoms with Crippen LogP contribution < -0.4 is 10.6 Å². The van der Waals surface area contributed by atoms with Gasteiger partial charge in [-0.05, 0) is 24.3 Å². The molecule has 0 spiro atoms. The molecule has 0 saturated carbocycles. The summed E-state index contributed by atoms with van der Waals surface area (Å²) >= 11 is 11.7. The molecule has 7 heteroatoms. The third-order valence-corrected chi connectivity index (χ3v) is 3.69. The van der Waals surface area contributed by atoms with Crippen molar-refractivity contribution in [3.05, 3.63) is 58.1 Å². The van der Waals surface area contributed by atoms with Gasteiger partial charge in [-0.15, -0.1) is 0 Å². The first-order valence-corrected chi connectivity index (χ1v) is 7.39. The Morgan fingerprint density at radius 3 is 2.48 bits per heavy atom. The Labute approximate surface area is 143 Å². The van der Waals surface area contributed by atoms with Gasteiger partial charge in [0.15, 0.2) is 6.61 Å². The first-order valence-electron chi connectivity index (χ1n) is 6.63. The van der Waals surface area contributed by atoms with E-state index in [4.69, 9.17) is 33.7 Å². The van der Waals surface area contributed by atoms with Gasteiger partial charge in [-0.3, -0.25) is 4.79 Å². The number of nitrogen functional groups attached to an aromatic ring is 1. The fraction of sp³-hybridized carbons (Fsp3) is 0.125. The summed E-state index contributed by atoms with van der Waals surface area (Å²) in [7, 11) is 1.59. The third-order valence-electron chi connectivity index (χ3n) is 3.16. The van der Waals surface area contributed by atoms with Crippen molar-refractivity contribution >= 4 is 46.5 Å². The van der Waals surface area contributed by atoms with Gasteiger partial charge >= 0.3 is 5.97 Å². The zero-order valence-corrected chi connectivity index (χ0v) is 13.8. The lowest BCUT2D eigenvalue weighted by atomic mass is 10.2. The predicted octanol–water partition coefficient (Wildman–Crippen LogP) is 3.40. The second-order valence-corrected chi connectivity index (χ2v) is 5.56. The molecule has 0 saturated heterocycles. The molecular weight excluding hydrogens is 339 g/mol. The van der Waals surface area contributed by atoms with E-state index in [2.05, 4.69) is 0 Å². The minimum atomic E-state index is -0.762. The summed E-state index contributed by atoms with van der Waals surface area (Å²) < 4.78 is 5.00. The maximum Gasteiger partial charge on any atom is 0.340 e. The van der Waals surface area contributed by atoms with Crippen LogP contribution in [0, 0.1) is 0 Å². The average Bonchev–Trinajstić information content (AvgIpc) is 2.55. The van der Waals surface area contributed by atoms with Crippen molar-refractivity contribution in [2.45, 2.75) is 0 Å². The van der Waals surface area contributed by atoms with Crippen LogP contribution >= 0.6 is 23.2 Å². The zero-order chi connectivity index (χ0) is 17.0. The number of nitrogens with two attached hydrogens (primary N) is 1. The van der Waals surface area contributed by atoms with Crippen LogP contribution in [-0.2, 0) is 9.53 Å². The van der Waals surface area contributed by atoms with Crippen LogP contribution in [0.3, 0.4) is 0 Å². The van der Waals surface area contributed by atoms with Gasteiger partial charge in [0.1, 0.15) is 0 Å². The monoisotopic (exact) mass is 352 g/mol. The number of likely N-dealkylation sites (N-methyl/N-ethyl adjacent to an activating group) is 1. The average molecular weight is 353 g/mol. The molecule has 0 radical (unpaired) electrons. The maximum absolute atomic E-state index is 12.1. The van der Waals surface area contributed by atoms with Gasteiger partial charge in [0.2, 0.25) is 0 Å².